The average Bonchev–Trinajstić information content (AvgIpc) is 1.10. The van der Waals surface area contributed by atoms with Gasteiger partial charge >= 0.3 is 39.5 Å². The Kier molecular flexibility index (Phi) is 73.0. The Morgan fingerprint density at radius 2 is 0.460 bits per heavy atom. The van der Waals surface area contributed by atoms with Crippen molar-refractivity contribution in [1.29, 1.82) is 0 Å². The first-order valence-electron chi connectivity index (χ1n) is 41.6. The van der Waals surface area contributed by atoms with Gasteiger partial charge in [-0.25, -0.2) is 9.13 Å². The number of phosphoric acid groups is 2. The van der Waals surface area contributed by atoms with Gasteiger partial charge in [0.15, 0.2) is 12.2 Å². The summed E-state index contributed by atoms with van der Waals surface area (Å²) in [4.78, 5) is 73.0. The van der Waals surface area contributed by atoms with Crippen LogP contribution >= 0.6 is 15.6 Å². The van der Waals surface area contributed by atoms with E-state index in [1.807, 2.05) is 0 Å². The van der Waals surface area contributed by atoms with Crippen LogP contribution in [0.5, 0.6) is 0 Å². The standard InChI is InChI=1S/C81H154O17P2/c1-5-9-13-17-21-25-29-33-36-37-40-42-46-50-54-58-62-66-79(84)92-72-77(98-81(86)68-64-60-56-52-48-44-39-35-31-27-23-19-15-11-7-3)74-96-100(89,90)94-70-75(82)69-93-99(87,88)95-73-76(71-91-78(83)65-61-57-53-49-45-41-32-28-24-20-16-12-8-4)97-80(85)67-63-59-55-51-47-43-38-34-30-26-22-18-14-10-6-2/h34-35,38-39,75-77,82H,5-33,36-37,40-74H2,1-4H3,(H,87,88)(H,89,90)/b38-34-,39-35-/t75-,76+,77+/m0/s1. The largest absolute Gasteiger partial charge is 0.472 e. The lowest BCUT2D eigenvalue weighted by Crippen LogP contribution is -2.30. The number of hydrogen-bond acceptors (Lipinski definition) is 15. The van der Waals surface area contributed by atoms with Crippen LogP contribution in [-0.2, 0) is 65.4 Å². The number of esters is 4. The van der Waals surface area contributed by atoms with E-state index in [1.165, 1.54) is 218 Å². The van der Waals surface area contributed by atoms with Gasteiger partial charge in [-0.15, -0.1) is 0 Å². The highest BCUT2D eigenvalue weighted by Crippen LogP contribution is 2.45. The van der Waals surface area contributed by atoms with Gasteiger partial charge in [0.25, 0.3) is 0 Å². The van der Waals surface area contributed by atoms with Crippen molar-refractivity contribution in [3.63, 3.8) is 0 Å². The highest BCUT2D eigenvalue weighted by molar-refractivity contribution is 7.47. The molecule has 0 aliphatic carbocycles. The number of aliphatic hydroxyl groups excluding tert-OH is 1. The maximum atomic E-state index is 13.1. The molecule has 5 atom stereocenters. The first-order chi connectivity index (χ1) is 48.7. The van der Waals surface area contributed by atoms with Gasteiger partial charge in [0.2, 0.25) is 0 Å². The molecule has 0 spiro atoms. The van der Waals surface area contributed by atoms with Gasteiger partial charge < -0.3 is 33.8 Å². The van der Waals surface area contributed by atoms with Crippen LogP contribution < -0.4 is 0 Å². The normalized spacial score (nSPS) is 13.9. The fourth-order valence-corrected chi connectivity index (χ4v) is 13.6. The molecule has 0 aliphatic rings. The molecule has 0 rings (SSSR count). The van der Waals surface area contributed by atoms with E-state index in [4.69, 9.17) is 37.0 Å². The minimum absolute atomic E-state index is 0.0938. The summed E-state index contributed by atoms with van der Waals surface area (Å²) in [6.45, 7) is 4.97. The van der Waals surface area contributed by atoms with Gasteiger partial charge in [0.05, 0.1) is 26.4 Å². The number of carbonyl (C=O) groups is 4. The van der Waals surface area contributed by atoms with Gasteiger partial charge in [0.1, 0.15) is 19.3 Å². The molecule has 2 unspecified atom stereocenters. The third kappa shape index (κ3) is 73.8. The average molecular weight is 1460 g/mol. The Labute approximate surface area is 612 Å². The topological polar surface area (TPSA) is 237 Å². The van der Waals surface area contributed by atoms with Crippen LogP contribution in [0.1, 0.15) is 413 Å². The van der Waals surface area contributed by atoms with E-state index in [2.05, 4.69) is 52.0 Å². The molecule has 0 aromatic rings. The first kappa shape index (κ1) is 97.5. The molecule has 0 saturated carbocycles. The molecule has 0 fully saturated rings. The van der Waals surface area contributed by atoms with Crippen LogP contribution in [0.3, 0.4) is 0 Å². The summed E-state index contributed by atoms with van der Waals surface area (Å²) in [6, 6.07) is 0. The first-order valence-corrected chi connectivity index (χ1v) is 44.6. The van der Waals surface area contributed by atoms with Gasteiger partial charge in [-0.3, -0.25) is 37.3 Å². The third-order valence-electron chi connectivity index (χ3n) is 18.4. The predicted molar refractivity (Wildman–Crippen MR) is 409 cm³/mol. The van der Waals surface area contributed by atoms with Crippen LogP contribution in [0.25, 0.3) is 0 Å². The van der Waals surface area contributed by atoms with E-state index < -0.39 is 97.5 Å². The number of rotatable bonds is 80. The summed E-state index contributed by atoms with van der Waals surface area (Å²) in [7, 11) is -9.93. The monoisotopic (exact) mass is 1460 g/mol. The van der Waals surface area contributed by atoms with Crippen molar-refractivity contribution in [1.82, 2.24) is 0 Å². The molecule has 590 valence electrons. The molecule has 3 N–H and O–H groups in total. The molecule has 0 radical (unpaired) electrons. The van der Waals surface area contributed by atoms with Crippen molar-refractivity contribution in [2.75, 3.05) is 39.6 Å². The smallest absolute Gasteiger partial charge is 0.462 e. The highest BCUT2D eigenvalue weighted by atomic mass is 31.2. The number of hydrogen-bond donors (Lipinski definition) is 3. The zero-order valence-corrected chi connectivity index (χ0v) is 66.5. The second-order valence-electron chi connectivity index (χ2n) is 28.4. The van der Waals surface area contributed by atoms with Crippen LogP contribution in [0.4, 0.5) is 0 Å². The summed E-state index contributed by atoms with van der Waals surface area (Å²) in [5.74, 6) is -2.14. The Morgan fingerprint density at radius 1 is 0.270 bits per heavy atom. The molecule has 0 heterocycles. The minimum Gasteiger partial charge on any atom is -0.462 e. The van der Waals surface area contributed by atoms with E-state index in [0.717, 1.165) is 116 Å². The Balaban J connectivity index is 5.30. The summed E-state index contributed by atoms with van der Waals surface area (Å²) < 4.78 is 68.7. The lowest BCUT2D eigenvalue weighted by atomic mass is 10.0. The van der Waals surface area contributed by atoms with Crippen molar-refractivity contribution in [2.24, 2.45) is 0 Å². The summed E-state index contributed by atoms with van der Waals surface area (Å²) in [5.41, 5.74) is 0. The van der Waals surface area contributed by atoms with Crippen molar-refractivity contribution in [2.45, 2.75) is 431 Å². The Bertz CT molecular complexity index is 1990. The molecule has 0 saturated heterocycles. The van der Waals surface area contributed by atoms with Crippen LogP contribution in [0, 0.1) is 0 Å². The predicted octanol–water partition coefficient (Wildman–Crippen LogP) is 24.1. The quantitative estimate of drug-likeness (QED) is 0.0169. The van der Waals surface area contributed by atoms with Crippen molar-refractivity contribution >= 4 is 39.5 Å². The Hall–Kier alpha value is -2.46. The fraction of sp³-hybridized carbons (Fsp3) is 0.901. The van der Waals surface area contributed by atoms with Gasteiger partial charge in [-0.2, -0.15) is 0 Å². The number of aliphatic hydroxyl groups is 1. The van der Waals surface area contributed by atoms with Crippen molar-refractivity contribution in [3.8, 4) is 0 Å². The number of carbonyl (C=O) groups excluding carboxylic acids is 4. The number of phosphoric ester groups is 2. The number of ether oxygens (including phenoxy) is 4. The summed E-state index contributed by atoms with van der Waals surface area (Å²) in [6.07, 6.45) is 70.0. The molecular weight excluding hydrogens is 1310 g/mol. The third-order valence-corrected chi connectivity index (χ3v) is 20.3. The fourth-order valence-electron chi connectivity index (χ4n) is 12.0. The number of unbranched alkanes of at least 4 members (excludes halogenated alkanes) is 50. The molecule has 0 bridgehead atoms. The SMILES string of the molecule is CCCCCCCC/C=C\CCCCCCCC(=O)O[C@H](COC(=O)CCCCCCCCCCCCCCC)COP(=O)(O)OC[C@H](O)COP(=O)(O)OC[C@@H](COC(=O)CCCCCCCCCCCCCCCCCCC)OC(=O)CCCCCCC/C=C\CCCCCCCC. The molecule has 0 aromatic heterocycles. The molecule has 17 nitrogen and oxygen atoms in total. The lowest BCUT2D eigenvalue weighted by molar-refractivity contribution is -0.161. The summed E-state index contributed by atoms with van der Waals surface area (Å²) >= 11 is 0. The maximum Gasteiger partial charge on any atom is 0.472 e. The molecule has 100 heavy (non-hydrogen) atoms. The van der Waals surface area contributed by atoms with E-state index in [-0.39, 0.29) is 25.7 Å². The molecule has 19 heteroatoms. The van der Waals surface area contributed by atoms with E-state index >= 15 is 0 Å². The van der Waals surface area contributed by atoms with Crippen LogP contribution in [0.2, 0.25) is 0 Å². The molecule has 0 aromatic carbocycles. The minimum atomic E-state index is -4.97. The van der Waals surface area contributed by atoms with Crippen LogP contribution in [-0.4, -0.2) is 96.7 Å². The van der Waals surface area contributed by atoms with Gasteiger partial charge in [0, 0.05) is 25.7 Å². The zero-order valence-electron chi connectivity index (χ0n) is 64.7. The maximum absolute atomic E-state index is 13.1. The molecule has 0 aliphatic heterocycles. The zero-order chi connectivity index (χ0) is 73.2. The van der Waals surface area contributed by atoms with E-state index in [0.29, 0.717) is 25.7 Å². The highest BCUT2D eigenvalue weighted by Gasteiger charge is 2.30. The molecular formula is C81H154O17P2. The lowest BCUT2D eigenvalue weighted by Gasteiger charge is -2.21. The van der Waals surface area contributed by atoms with E-state index in [1.54, 1.807) is 0 Å². The van der Waals surface area contributed by atoms with Crippen LogP contribution in [0.15, 0.2) is 24.3 Å². The Morgan fingerprint density at radius 3 is 0.690 bits per heavy atom. The van der Waals surface area contributed by atoms with Crippen molar-refractivity contribution < 1.29 is 80.2 Å². The van der Waals surface area contributed by atoms with Gasteiger partial charge in [-0.1, -0.05) is 335 Å². The van der Waals surface area contributed by atoms with E-state index in [9.17, 15) is 43.2 Å². The second-order valence-corrected chi connectivity index (χ2v) is 31.3. The summed E-state index contributed by atoms with van der Waals surface area (Å²) in [5, 5.41) is 10.6. The van der Waals surface area contributed by atoms with Gasteiger partial charge in [-0.05, 0) is 77.0 Å². The number of allylic oxidation sites excluding steroid dienone is 4. The second kappa shape index (κ2) is 74.8. The molecule has 0 amide bonds. The van der Waals surface area contributed by atoms with Crippen molar-refractivity contribution in [3.05, 3.63) is 24.3 Å².